The summed E-state index contributed by atoms with van der Waals surface area (Å²) in [5.74, 6) is -4.59. The topological polar surface area (TPSA) is 104 Å². The molecule has 0 bridgehead atoms. The van der Waals surface area contributed by atoms with Crippen molar-refractivity contribution in [2.75, 3.05) is 0 Å². The highest BCUT2D eigenvalue weighted by molar-refractivity contribution is 6.38. The number of aliphatic hydroxyl groups is 1. The predicted molar refractivity (Wildman–Crippen MR) is 81.8 cm³/mol. The average Bonchev–Trinajstić information content (AvgIpc) is 2.54. The fourth-order valence-corrected chi connectivity index (χ4v) is 2.56. The Hall–Kier alpha value is -3.28. The maximum atomic E-state index is 12.6. The summed E-state index contributed by atoms with van der Waals surface area (Å²) in [4.78, 5) is 39.8. The second-order valence-electron chi connectivity index (χ2n) is 5.01. The first-order valence-electron chi connectivity index (χ1n) is 6.78. The molecule has 0 fully saturated rings. The number of amides is 1. The van der Waals surface area contributed by atoms with E-state index in [0.29, 0.717) is 0 Å². The van der Waals surface area contributed by atoms with Crippen LogP contribution in [0.25, 0.3) is 5.76 Å². The monoisotopic (exact) mass is 309 g/mol. The molecule has 1 heterocycles. The third-order valence-corrected chi connectivity index (χ3v) is 3.63. The molecule has 1 aromatic carbocycles. The van der Waals surface area contributed by atoms with E-state index in [1.54, 1.807) is 18.2 Å². The minimum Gasteiger partial charge on any atom is -0.506 e. The van der Waals surface area contributed by atoms with Crippen molar-refractivity contribution in [3.05, 3.63) is 65.3 Å². The average molecular weight is 309 g/mol. The number of Topliss-reactive ketones (excluding diaryl/α,β-unsaturated/α-hetero) is 1. The number of aliphatic imine (C=N–C) groups is 1. The molecule has 0 radical (unpaired) electrons. The molecule has 0 saturated heterocycles. The van der Waals surface area contributed by atoms with Crippen molar-refractivity contribution in [1.29, 1.82) is 0 Å². The zero-order chi connectivity index (χ0) is 16.6. The van der Waals surface area contributed by atoms with E-state index in [4.69, 9.17) is 0 Å². The minimum atomic E-state index is -1.27. The number of allylic oxidation sites excluding steroid dienone is 3. The number of carbonyl (C=O) groups excluding carboxylic acids is 2. The summed E-state index contributed by atoms with van der Waals surface area (Å²) < 4.78 is 0. The first kappa shape index (κ1) is 14.6. The van der Waals surface area contributed by atoms with E-state index >= 15 is 0 Å². The van der Waals surface area contributed by atoms with Crippen molar-refractivity contribution in [3.63, 3.8) is 0 Å². The zero-order valence-electron chi connectivity index (χ0n) is 11.8. The van der Waals surface area contributed by atoms with Crippen LogP contribution in [0.5, 0.6) is 0 Å². The van der Waals surface area contributed by atoms with Gasteiger partial charge in [-0.05, 0) is 6.08 Å². The third kappa shape index (κ3) is 2.40. The number of rotatable bonds is 2. The van der Waals surface area contributed by atoms with Gasteiger partial charge < -0.3 is 10.2 Å². The molecule has 114 valence electrons. The molecule has 1 aromatic rings. The number of benzene rings is 1. The molecule has 0 spiro atoms. The van der Waals surface area contributed by atoms with Gasteiger partial charge in [-0.25, -0.2) is 9.79 Å². The molecule has 3 rings (SSSR count). The summed E-state index contributed by atoms with van der Waals surface area (Å²) in [6.07, 6.45) is 4.13. The van der Waals surface area contributed by atoms with Gasteiger partial charge in [0.05, 0.1) is 17.2 Å². The van der Waals surface area contributed by atoms with E-state index in [0.717, 1.165) is 0 Å². The normalized spacial score (nSPS) is 22.2. The summed E-state index contributed by atoms with van der Waals surface area (Å²) in [6.45, 7) is 0. The lowest BCUT2D eigenvalue weighted by Crippen LogP contribution is -2.37. The Morgan fingerprint density at radius 3 is 2.43 bits per heavy atom. The van der Waals surface area contributed by atoms with Crippen LogP contribution in [0.4, 0.5) is 0 Å². The van der Waals surface area contributed by atoms with E-state index in [1.165, 1.54) is 30.4 Å². The van der Waals surface area contributed by atoms with Crippen LogP contribution in [0.2, 0.25) is 0 Å². The lowest BCUT2D eigenvalue weighted by Gasteiger charge is -2.24. The molecule has 1 aliphatic heterocycles. The quantitative estimate of drug-likeness (QED) is 0.491. The van der Waals surface area contributed by atoms with Gasteiger partial charge in [-0.2, -0.15) is 0 Å². The fraction of sp³-hybridized carbons (Fsp3) is 0.0588. The van der Waals surface area contributed by atoms with Crippen LogP contribution in [0.1, 0.15) is 5.56 Å². The number of carboxylic acids is 1. The molecular weight excluding hydrogens is 298 g/mol. The molecular formula is C17H11NO5. The number of ketones is 1. The first-order chi connectivity index (χ1) is 11.0. The van der Waals surface area contributed by atoms with Crippen molar-refractivity contribution < 1.29 is 24.6 Å². The number of fused-ring (bicyclic) bond motifs is 1. The standard InChI is InChI=1S/C17H11NO5/c19-14(9-5-2-1-3-6-9)13-15(20)12-10(17(22)23)7-4-8-11(12)18-16(13)21/h1-8,12,19H,(H,22,23)/b14-13-. The third-order valence-electron chi connectivity index (χ3n) is 3.63. The van der Waals surface area contributed by atoms with Gasteiger partial charge in [-0.1, -0.05) is 42.5 Å². The summed E-state index contributed by atoms with van der Waals surface area (Å²) in [5.41, 5.74) is -0.311. The molecule has 6 heteroatoms. The Labute approximate surface area is 130 Å². The van der Waals surface area contributed by atoms with Gasteiger partial charge in [0, 0.05) is 5.56 Å². The summed E-state index contributed by atoms with van der Waals surface area (Å²) in [6, 6.07) is 8.09. The minimum absolute atomic E-state index is 0.0736. The van der Waals surface area contributed by atoms with E-state index in [-0.39, 0.29) is 16.8 Å². The number of hydrogen-bond acceptors (Lipinski definition) is 4. The van der Waals surface area contributed by atoms with Crippen molar-refractivity contribution in [2.45, 2.75) is 0 Å². The van der Waals surface area contributed by atoms with E-state index < -0.39 is 34.9 Å². The van der Waals surface area contributed by atoms with Crippen LogP contribution >= 0.6 is 0 Å². The number of aliphatic carboxylic acids is 1. The van der Waals surface area contributed by atoms with Crippen LogP contribution in [-0.2, 0) is 14.4 Å². The van der Waals surface area contributed by atoms with Gasteiger partial charge in [-0.15, -0.1) is 0 Å². The second-order valence-corrected chi connectivity index (χ2v) is 5.01. The summed E-state index contributed by atoms with van der Waals surface area (Å²) in [7, 11) is 0. The van der Waals surface area contributed by atoms with Crippen molar-refractivity contribution in [3.8, 4) is 0 Å². The molecule has 0 aromatic heterocycles. The Balaban J connectivity index is 2.16. The second kappa shape index (κ2) is 5.49. The lowest BCUT2D eigenvalue weighted by atomic mass is 9.80. The molecule has 2 N–H and O–H groups in total. The van der Waals surface area contributed by atoms with Crippen LogP contribution in [0.3, 0.4) is 0 Å². The zero-order valence-corrected chi connectivity index (χ0v) is 11.8. The van der Waals surface area contributed by atoms with Crippen molar-refractivity contribution in [1.82, 2.24) is 0 Å². The van der Waals surface area contributed by atoms with Crippen LogP contribution < -0.4 is 0 Å². The van der Waals surface area contributed by atoms with Gasteiger partial charge in [0.2, 0.25) is 0 Å². The van der Waals surface area contributed by atoms with Gasteiger partial charge in [-0.3, -0.25) is 9.59 Å². The number of carbonyl (C=O) groups is 3. The lowest BCUT2D eigenvalue weighted by molar-refractivity contribution is -0.134. The molecule has 1 amide bonds. The molecule has 6 nitrogen and oxygen atoms in total. The number of nitrogens with zero attached hydrogens (tertiary/aromatic N) is 1. The number of carboxylic acid groups (broad SMARTS) is 1. The van der Waals surface area contributed by atoms with Gasteiger partial charge in [0.15, 0.2) is 5.78 Å². The Morgan fingerprint density at radius 1 is 1.09 bits per heavy atom. The van der Waals surface area contributed by atoms with Gasteiger partial charge >= 0.3 is 5.97 Å². The van der Waals surface area contributed by atoms with Crippen LogP contribution in [0.15, 0.2) is 64.7 Å². The maximum Gasteiger partial charge on any atom is 0.332 e. The van der Waals surface area contributed by atoms with E-state index in [9.17, 15) is 24.6 Å². The van der Waals surface area contributed by atoms with Crippen molar-refractivity contribution in [2.24, 2.45) is 10.9 Å². The molecule has 1 aliphatic carbocycles. The summed E-state index contributed by atoms with van der Waals surface area (Å²) >= 11 is 0. The Kier molecular flexibility index (Phi) is 3.50. The van der Waals surface area contributed by atoms with Gasteiger partial charge in [0.1, 0.15) is 11.3 Å². The highest BCUT2D eigenvalue weighted by Crippen LogP contribution is 2.30. The smallest absolute Gasteiger partial charge is 0.332 e. The van der Waals surface area contributed by atoms with E-state index in [1.807, 2.05) is 0 Å². The largest absolute Gasteiger partial charge is 0.506 e. The summed E-state index contributed by atoms with van der Waals surface area (Å²) in [5, 5.41) is 19.5. The first-order valence-corrected chi connectivity index (χ1v) is 6.78. The molecule has 2 aliphatic rings. The van der Waals surface area contributed by atoms with Crippen LogP contribution in [0, 0.1) is 5.92 Å². The highest BCUT2D eigenvalue weighted by Gasteiger charge is 2.41. The SMILES string of the molecule is O=C(O)C1=CC=CC2=NC(=O)/C(=C(\O)c3ccccc3)C(=O)C12. The van der Waals surface area contributed by atoms with Crippen molar-refractivity contribution >= 4 is 29.1 Å². The van der Waals surface area contributed by atoms with Crippen LogP contribution in [-0.4, -0.2) is 33.6 Å². The Bertz CT molecular complexity index is 843. The molecule has 23 heavy (non-hydrogen) atoms. The Morgan fingerprint density at radius 2 is 1.78 bits per heavy atom. The number of hydrogen-bond donors (Lipinski definition) is 2. The highest BCUT2D eigenvalue weighted by atomic mass is 16.4. The number of aliphatic hydroxyl groups excluding tert-OH is 1. The maximum absolute atomic E-state index is 12.6. The predicted octanol–water partition coefficient (Wildman–Crippen LogP) is 1.70. The van der Waals surface area contributed by atoms with E-state index in [2.05, 4.69) is 4.99 Å². The molecule has 1 atom stereocenters. The molecule has 1 unspecified atom stereocenters. The fourth-order valence-electron chi connectivity index (χ4n) is 2.56. The van der Waals surface area contributed by atoms with Gasteiger partial charge in [0.25, 0.3) is 5.91 Å². The molecule has 0 saturated carbocycles.